The number of carboxylic acid groups (broad SMARTS) is 1. The number of aliphatic carboxylic acids is 1. The summed E-state index contributed by atoms with van der Waals surface area (Å²) in [4.78, 5) is 24.5. The van der Waals surface area contributed by atoms with E-state index in [1.54, 1.807) is 18.2 Å². The monoisotopic (exact) mass is 268 g/mol. The van der Waals surface area contributed by atoms with Crippen LogP contribution in [0.2, 0.25) is 5.02 Å². The van der Waals surface area contributed by atoms with E-state index in [0.717, 1.165) is 5.56 Å². The topological polar surface area (TPSA) is 83.6 Å². The average molecular weight is 269 g/mol. The first-order valence-electron chi connectivity index (χ1n) is 5.51. The van der Waals surface area contributed by atoms with Gasteiger partial charge in [0.1, 0.15) is 6.04 Å². The Hall–Kier alpha value is -1.59. The van der Waals surface area contributed by atoms with Crippen LogP contribution in [0, 0.1) is 0 Å². The maximum absolute atomic E-state index is 12.0. The standard InChI is InChI=1S/C12H13ClN2O3/c1-6(14)11(16)15-9-3-2-8(13)4-7(9)5-10(15)12(17)18/h2-4,6,10H,5,14H2,1H3,(H,17,18)/t6-,10+/m0/s1. The van der Waals surface area contributed by atoms with Gasteiger partial charge in [0.25, 0.3) is 0 Å². The summed E-state index contributed by atoms with van der Waals surface area (Å²) in [5, 5.41) is 9.71. The van der Waals surface area contributed by atoms with E-state index in [0.29, 0.717) is 10.7 Å². The number of nitrogens with zero attached hydrogens (tertiary/aromatic N) is 1. The highest BCUT2D eigenvalue weighted by Crippen LogP contribution is 2.34. The van der Waals surface area contributed by atoms with Gasteiger partial charge >= 0.3 is 5.97 Å². The van der Waals surface area contributed by atoms with Crippen molar-refractivity contribution in [3.63, 3.8) is 0 Å². The number of carboxylic acids is 1. The molecule has 1 aliphatic heterocycles. The maximum atomic E-state index is 12.0. The molecule has 0 bridgehead atoms. The third-order valence-electron chi connectivity index (χ3n) is 2.94. The van der Waals surface area contributed by atoms with E-state index in [1.165, 1.54) is 11.8 Å². The smallest absolute Gasteiger partial charge is 0.327 e. The van der Waals surface area contributed by atoms with Crippen molar-refractivity contribution in [2.45, 2.75) is 25.4 Å². The van der Waals surface area contributed by atoms with Gasteiger partial charge in [-0.25, -0.2) is 4.79 Å². The van der Waals surface area contributed by atoms with Crippen LogP contribution in [0.15, 0.2) is 18.2 Å². The summed E-state index contributed by atoms with van der Waals surface area (Å²) < 4.78 is 0. The van der Waals surface area contributed by atoms with Crippen molar-refractivity contribution in [2.75, 3.05) is 4.90 Å². The number of hydrogen-bond donors (Lipinski definition) is 2. The lowest BCUT2D eigenvalue weighted by Gasteiger charge is -2.24. The molecule has 1 aliphatic rings. The SMILES string of the molecule is C[C@H](N)C(=O)N1c2ccc(Cl)cc2C[C@@H]1C(=O)O. The lowest BCUT2D eigenvalue weighted by Crippen LogP contribution is -2.49. The predicted octanol–water partition coefficient (Wildman–Crippen LogP) is 1.03. The molecule has 0 aromatic heterocycles. The third-order valence-corrected chi connectivity index (χ3v) is 3.17. The molecule has 3 N–H and O–H groups in total. The largest absolute Gasteiger partial charge is 0.480 e. The van der Waals surface area contributed by atoms with E-state index >= 15 is 0 Å². The van der Waals surface area contributed by atoms with Crippen LogP contribution in [0.4, 0.5) is 5.69 Å². The van der Waals surface area contributed by atoms with Gasteiger partial charge in [0.2, 0.25) is 5.91 Å². The Bertz CT molecular complexity index is 516. The Morgan fingerprint density at radius 3 is 2.78 bits per heavy atom. The fourth-order valence-corrected chi connectivity index (χ4v) is 2.30. The summed E-state index contributed by atoms with van der Waals surface area (Å²) >= 11 is 5.86. The van der Waals surface area contributed by atoms with E-state index in [4.69, 9.17) is 17.3 Å². The Morgan fingerprint density at radius 1 is 1.56 bits per heavy atom. The summed E-state index contributed by atoms with van der Waals surface area (Å²) in [7, 11) is 0. The second-order valence-electron chi connectivity index (χ2n) is 4.33. The number of nitrogens with two attached hydrogens (primary N) is 1. The van der Waals surface area contributed by atoms with E-state index in [1.807, 2.05) is 0 Å². The van der Waals surface area contributed by atoms with Gasteiger partial charge in [-0.3, -0.25) is 9.69 Å². The zero-order valence-corrected chi connectivity index (χ0v) is 10.5. The second kappa shape index (κ2) is 4.59. The first-order chi connectivity index (χ1) is 8.41. The minimum absolute atomic E-state index is 0.254. The van der Waals surface area contributed by atoms with Crippen molar-refractivity contribution in [3.05, 3.63) is 28.8 Å². The molecule has 6 heteroatoms. The van der Waals surface area contributed by atoms with Gasteiger partial charge < -0.3 is 10.8 Å². The van der Waals surface area contributed by atoms with Crippen molar-refractivity contribution in [1.29, 1.82) is 0 Å². The molecule has 0 radical (unpaired) electrons. The lowest BCUT2D eigenvalue weighted by atomic mass is 10.1. The number of rotatable bonds is 2. The molecule has 0 saturated heterocycles. The first kappa shape index (κ1) is 12.9. The van der Waals surface area contributed by atoms with Gasteiger partial charge in [-0.05, 0) is 30.7 Å². The van der Waals surface area contributed by atoms with E-state index in [-0.39, 0.29) is 6.42 Å². The first-order valence-corrected chi connectivity index (χ1v) is 5.89. The van der Waals surface area contributed by atoms with Gasteiger partial charge in [-0.2, -0.15) is 0 Å². The lowest BCUT2D eigenvalue weighted by molar-refractivity contribution is -0.140. The van der Waals surface area contributed by atoms with E-state index in [2.05, 4.69) is 0 Å². The number of carbonyl (C=O) groups is 2. The molecule has 0 fully saturated rings. The van der Waals surface area contributed by atoms with Crippen LogP contribution in [0.25, 0.3) is 0 Å². The van der Waals surface area contributed by atoms with Crippen LogP contribution >= 0.6 is 11.6 Å². The summed E-state index contributed by atoms with van der Waals surface area (Å²) in [6.45, 7) is 1.54. The fourth-order valence-electron chi connectivity index (χ4n) is 2.11. The molecule has 18 heavy (non-hydrogen) atoms. The Morgan fingerprint density at radius 2 is 2.22 bits per heavy atom. The molecular weight excluding hydrogens is 256 g/mol. The number of halogens is 1. The van der Waals surface area contributed by atoms with Crippen molar-refractivity contribution in [3.8, 4) is 0 Å². The Kier molecular flexibility index (Phi) is 3.28. The van der Waals surface area contributed by atoms with Crippen LogP contribution in [0.1, 0.15) is 12.5 Å². The number of anilines is 1. The van der Waals surface area contributed by atoms with Gasteiger partial charge in [0.15, 0.2) is 0 Å². The third kappa shape index (κ3) is 2.07. The van der Waals surface area contributed by atoms with Gasteiger partial charge in [0, 0.05) is 17.1 Å². The number of carbonyl (C=O) groups excluding carboxylic acids is 1. The predicted molar refractivity (Wildman–Crippen MR) is 67.7 cm³/mol. The molecule has 5 nitrogen and oxygen atoms in total. The van der Waals surface area contributed by atoms with E-state index < -0.39 is 24.0 Å². The number of amides is 1. The zero-order valence-electron chi connectivity index (χ0n) is 9.76. The molecule has 0 spiro atoms. The van der Waals surface area contributed by atoms with Crippen LogP contribution in [-0.4, -0.2) is 29.1 Å². The van der Waals surface area contributed by atoms with Crippen LogP contribution in [-0.2, 0) is 16.0 Å². The quantitative estimate of drug-likeness (QED) is 0.839. The normalized spacial score (nSPS) is 19.5. The minimum atomic E-state index is -1.05. The molecule has 2 rings (SSSR count). The zero-order chi connectivity index (χ0) is 13.4. The summed E-state index contributed by atoms with van der Waals surface area (Å²) in [5.74, 6) is -1.44. The van der Waals surface area contributed by atoms with Crippen LogP contribution in [0.3, 0.4) is 0 Å². The second-order valence-corrected chi connectivity index (χ2v) is 4.76. The van der Waals surface area contributed by atoms with Crippen LogP contribution < -0.4 is 10.6 Å². The Labute approximate surface area is 109 Å². The summed E-state index contributed by atoms with van der Waals surface area (Å²) in [5.41, 5.74) is 6.89. The van der Waals surface area contributed by atoms with Crippen molar-refractivity contribution in [2.24, 2.45) is 5.73 Å². The highest BCUT2D eigenvalue weighted by molar-refractivity contribution is 6.30. The van der Waals surface area contributed by atoms with Crippen LogP contribution in [0.5, 0.6) is 0 Å². The number of benzene rings is 1. The highest BCUT2D eigenvalue weighted by atomic mass is 35.5. The maximum Gasteiger partial charge on any atom is 0.327 e. The van der Waals surface area contributed by atoms with Crippen molar-refractivity contribution < 1.29 is 14.7 Å². The molecule has 96 valence electrons. The van der Waals surface area contributed by atoms with Gasteiger partial charge in [-0.1, -0.05) is 11.6 Å². The van der Waals surface area contributed by atoms with Crippen molar-refractivity contribution >= 4 is 29.2 Å². The summed E-state index contributed by atoms with van der Waals surface area (Å²) in [6.07, 6.45) is 0.254. The molecular formula is C12H13ClN2O3. The van der Waals surface area contributed by atoms with Gasteiger partial charge in [-0.15, -0.1) is 0 Å². The molecule has 0 aliphatic carbocycles. The molecule has 0 saturated carbocycles. The molecule has 1 heterocycles. The molecule has 2 atom stereocenters. The fraction of sp³-hybridized carbons (Fsp3) is 0.333. The summed E-state index contributed by atoms with van der Waals surface area (Å²) in [6, 6.07) is 3.32. The highest BCUT2D eigenvalue weighted by Gasteiger charge is 2.39. The van der Waals surface area contributed by atoms with E-state index in [9.17, 15) is 14.7 Å². The Balaban J connectivity index is 2.47. The number of fused-ring (bicyclic) bond motifs is 1. The molecule has 1 aromatic carbocycles. The average Bonchev–Trinajstić information content (AvgIpc) is 2.66. The van der Waals surface area contributed by atoms with Gasteiger partial charge in [0.05, 0.1) is 6.04 Å². The van der Waals surface area contributed by atoms with Crippen molar-refractivity contribution in [1.82, 2.24) is 0 Å². The number of hydrogen-bond acceptors (Lipinski definition) is 3. The minimum Gasteiger partial charge on any atom is -0.480 e. The molecule has 0 unspecified atom stereocenters. The molecule has 1 aromatic rings. The molecule has 1 amide bonds.